The molecule has 0 bridgehead atoms. The first kappa shape index (κ1) is 23.1. The van der Waals surface area contributed by atoms with Crippen LogP contribution in [0.15, 0.2) is 0 Å². The molecule has 29 heavy (non-hydrogen) atoms. The highest BCUT2D eigenvalue weighted by Gasteiger charge is 2.38. The van der Waals surface area contributed by atoms with Gasteiger partial charge in [0.15, 0.2) is 0 Å². The van der Waals surface area contributed by atoms with Gasteiger partial charge < -0.3 is 14.7 Å². The lowest BCUT2D eigenvalue weighted by atomic mass is 10.0. The van der Waals surface area contributed by atoms with Gasteiger partial charge in [0.2, 0.25) is 5.91 Å². The van der Waals surface area contributed by atoms with Crippen molar-refractivity contribution in [3.8, 4) is 0 Å². The van der Waals surface area contributed by atoms with E-state index in [9.17, 15) is 18.0 Å². The maximum atomic E-state index is 11.9. The minimum absolute atomic E-state index is 0.151. The van der Waals surface area contributed by atoms with E-state index in [-0.39, 0.29) is 5.91 Å². The number of nitrogens with zero attached hydrogens (tertiary/aromatic N) is 4. The molecule has 11 heteroatoms. The molecule has 1 amide bonds. The Morgan fingerprint density at radius 1 is 1.31 bits per heavy atom. The Labute approximate surface area is 167 Å². The Morgan fingerprint density at radius 3 is 2.45 bits per heavy atom. The summed E-state index contributed by atoms with van der Waals surface area (Å²) in [5.41, 5.74) is 3.63. The van der Waals surface area contributed by atoms with Crippen LogP contribution in [0.3, 0.4) is 0 Å². The maximum Gasteiger partial charge on any atom is 0.490 e. The summed E-state index contributed by atoms with van der Waals surface area (Å²) in [6, 6.07) is 0. The number of aromatic nitrogens is 2. The van der Waals surface area contributed by atoms with E-state index in [0.717, 1.165) is 37.7 Å². The first-order valence-electron chi connectivity index (χ1n) is 9.33. The van der Waals surface area contributed by atoms with E-state index in [2.05, 4.69) is 10.00 Å². The summed E-state index contributed by atoms with van der Waals surface area (Å²) in [7, 11) is 5.59. The molecule has 0 saturated heterocycles. The molecule has 3 rings (SSSR count). The second-order valence-electron chi connectivity index (χ2n) is 7.51. The van der Waals surface area contributed by atoms with E-state index in [1.165, 1.54) is 24.1 Å². The average molecular weight is 420 g/mol. The number of carboxylic acids is 1. The number of amides is 1. The number of aryl methyl sites for hydroxylation is 1. The molecule has 1 aliphatic heterocycles. The van der Waals surface area contributed by atoms with Gasteiger partial charge in [-0.1, -0.05) is 0 Å². The van der Waals surface area contributed by atoms with Gasteiger partial charge >= 0.3 is 12.1 Å². The van der Waals surface area contributed by atoms with Crippen LogP contribution in [-0.2, 0) is 40.9 Å². The fraction of sp³-hybridized carbons (Fsp3) is 0.722. The Hall–Kier alpha value is -2.14. The van der Waals surface area contributed by atoms with Crippen molar-refractivity contribution in [2.24, 2.45) is 13.0 Å². The largest absolute Gasteiger partial charge is 0.490 e. The Balaban J connectivity index is 0.000000370. The molecule has 0 aromatic carbocycles. The number of rotatable bonds is 6. The van der Waals surface area contributed by atoms with E-state index in [0.29, 0.717) is 13.2 Å². The number of ether oxygens (including phenoxy) is 1. The van der Waals surface area contributed by atoms with Gasteiger partial charge in [0.05, 0.1) is 24.5 Å². The molecule has 1 aliphatic carbocycles. The number of hydrogen-bond acceptors (Lipinski definition) is 5. The van der Waals surface area contributed by atoms with Crippen LogP contribution in [0.5, 0.6) is 0 Å². The van der Waals surface area contributed by atoms with Crippen molar-refractivity contribution < 1.29 is 32.6 Å². The highest BCUT2D eigenvalue weighted by molar-refractivity contribution is 5.77. The predicted molar refractivity (Wildman–Crippen MR) is 97.0 cm³/mol. The fourth-order valence-electron chi connectivity index (χ4n) is 2.90. The third kappa shape index (κ3) is 7.00. The van der Waals surface area contributed by atoms with Crippen LogP contribution in [0.1, 0.15) is 29.8 Å². The summed E-state index contributed by atoms with van der Waals surface area (Å²) in [5, 5.41) is 11.8. The zero-order chi connectivity index (χ0) is 21.8. The van der Waals surface area contributed by atoms with Crippen molar-refractivity contribution in [3.63, 3.8) is 0 Å². The molecule has 1 aromatic rings. The van der Waals surface area contributed by atoms with Crippen LogP contribution in [0.2, 0.25) is 0 Å². The zero-order valence-corrected chi connectivity index (χ0v) is 16.8. The molecule has 164 valence electrons. The highest BCUT2D eigenvalue weighted by Crippen LogP contribution is 2.29. The van der Waals surface area contributed by atoms with Gasteiger partial charge in [0.1, 0.15) is 0 Å². The Kier molecular flexibility index (Phi) is 7.64. The lowest BCUT2D eigenvalue weighted by Gasteiger charge is -2.27. The van der Waals surface area contributed by atoms with Gasteiger partial charge in [-0.05, 0) is 25.2 Å². The van der Waals surface area contributed by atoms with Crippen LogP contribution in [-0.4, -0.2) is 76.5 Å². The van der Waals surface area contributed by atoms with Crippen molar-refractivity contribution in [2.75, 3.05) is 33.8 Å². The maximum absolute atomic E-state index is 11.9. The standard InChI is InChI=1S/C16H26N4O2.C2HF3O2/c1-18(2)16(21)9-20-7-6-13-14(11-22-10-12-4-5-12)17-19(3)15(13)8-20;3-2(4,5)1(6)7/h12H,4-11H2,1-3H3;(H,6,7). The lowest BCUT2D eigenvalue weighted by Crippen LogP contribution is -2.39. The molecular weight excluding hydrogens is 393 g/mol. The molecule has 0 unspecified atom stereocenters. The summed E-state index contributed by atoms with van der Waals surface area (Å²) in [6.07, 6.45) is -1.50. The monoisotopic (exact) mass is 420 g/mol. The van der Waals surface area contributed by atoms with Crippen LogP contribution >= 0.6 is 0 Å². The second-order valence-corrected chi connectivity index (χ2v) is 7.51. The van der Waals surface area contributed by atoms with E-state index < -0.39 is 12.1 Å². The quantitative estimate of drug-likeness (QED) is 0.749. The van der Waals surface area contributed by atoms with Gasteiger partial charge in [-0.25, -0.2) is 4.79 Å². The van der Waals surface area contributed by atoms with Crippen LogP contribution in [0.4, 0.5) is 13.2 Å². The van der Waals surface area contributed by atoms with Gasteiger partial charge in [-0.3, -0.25) is 14.4 Å². The normalized spacial score (nSPS) is 16.6. The molecule has 0 atom stereocenters. The lowest BCUT2D eigenvalue weighted by molar-refractivity contribution is -0.192. The number of fused-ring (bicyclic) bond motifs is 1. The SMILES string of the molecule is CN(C)C(=O)CN1CCc2c(COCC3CC3)nn(C)c2C1.O=C(O)C(F)(F)F. The molecule has 1 aromatic heterocycles. The molecule has 2 aliphatic rings. The molecule has 8 nitrogen and oxygen atoms in total. The van der Waals surface area contributed by atoms with Gasteiger partial charge in [0, 0.05) is 46.4 Å². The number of carbonyl (C=O) groups excluding carboxylic acids is 1. The zero-order valence-electron chi connectivity index (χ0n) is 16.8. The number of likely N-dealkylation sites (N-methyl/N-ethyl adjacent to an activating group) is 1. The molecule has 1 N–H and O–H groups in total. The number of alkyl halides is 3. The average Bonchev–Trinajstić information content (AvgIpc) is 3.39. The summed E-state index contributed by atoms with van der Waals surface area (Å²) < 4.78 is 39.5. The highest BCUT2D eigenvalue weighted by atomic mass is 19.4. The molecule has 0 spiro atoms. The first-order valence-corrected chi connectivity index (χ1v) is 9.33. The Morgan fingerprint density at radius 2 is 1.93 bits per heavy atom. The number of halogens is 3. The van der Waals surface area contributed by atoms with Crippen LogP contribution in [0, 0.1) is 5.92 Å². The van der Waals surface area contributed by atoms with E-state index in [1.54, 1.807) is 19.0 Å². The second kappa shape index (κ2) is 9.57. The first-order chi connectivity index (χ1) is 13.5. The summed E-state index contributed by atoms with van der Waals surface area (Å²) in [6.45, 7) is 3.67. The van der Waals surface area contributed by atoms with Gasteiger partial charge in [-0.2, -0.15) is 18.3 Å². The van der Waals surface area contributed by atoms with Crippen molar-refractivity contribution in [2.45, 2.75) is 38.6 Å². The number of carboxylic acid groups (broad SMARTS) is 1. The predicted octanol–water partition coefficient (Wildman–Crippen LogP) is 1.43. The minimum Gasteiger partial charge on any atom is -0.475 e. The molecule has 2 heterocycles. The van der Waals surface area contributed by atoms with Gasteiger partial charge in [0.25, 0.3) is 0 Å². The fourth-order valence-corrected chi connectivity index (χ4v) is 2.90. The summed E-state index contributed by atoms with van der Waals surface area (Å²) >= 11 is 0. The van der Waals surface area contributed by atoms with E-state index >= 15 is 0 Å². The molecule has 0 radical (unpaired) electrons. The topological polar surface area (TPSA) is 87.9 Å². The third-order valence-electron chi connectivity index (χ3n) is 4.80. The van der Waals surface area contributed by atoms with Crippen molar-refractivity contribution in [1.29, 1.82) is 0 Å². The molecule has 1 fully saturated rings. The van der Waals surface area contributed by atoms with Crippen molar-refractivity contribution in [1.82, 2.24) is 19.6 Å². The number of hydrogen-bond donors (Lipinski definition) is 1. The van der Waals surface area contributed by atoms with Crippen molar-refractivity contribution >= 4 is 11.9 Å². The summed E-state index contributed by atoms with van der Waals surface area (Å²) in [4.78, 5) is 24.6. The van der Waals surface area contributed by atoms with Crippen molar-refractivity contribution in [3.05, 3.63) is 17.0 Å². The molecular formula is C18H27F3N4O4. The summed E-state index contributed by atoms with van der Waals surface area (Å²) in [5.74, 6) is -1.82. The molecule has 1 saturated carbocycles. The minimum atomic E-state index is -5.08. The number of carbonyl (C=O) groups is 2. The van der Waals surface area contributed by atoms with E-state index in [1.807, 2.05) is 11.7 Å². The Bertz CT molecular complexity index is 729. The van der Waals surface area contributed by atoms with Crippen LogP contribution in [0.25, 0.3) is 0 Å². The van der Waals surface area contributed by atoms with E-state index in [4.69, 9.17) is 14.6 Å². The third-order valence-corrected chi connectivity index (χ3v) is 4.80. The smallest absolute Gasteiger partial charge is 0.475 e. The van der Waals surface area contributed by atoms with Crippen LogP contribution < -0.4 is 0 Å². The van der Waals surface area contributed by atoms with Gasteiger partial charge in [-0.15, -0.1) is 0 Å². The number of aliphatic carboxylic acids is 1.